The smallest absolute Gasteiger partial charge is 0.410 e. The Morgan fingerprint density at radius 1 is 1.29 bits per heavy atom. The lowest BCUT2D eigenvalue weighted by Gasteiger charge is -2.39. The van der Waals surface area contributed by atoms with E-state index in [9.17, 15) is 9.59 Å². The van der Waals surface area contributed by atoms with Crippen molar-refractivity contribution < 1.29 is 14.3 Å². The maximum absolute atomic E-state index is 11.8. The van der Waals surface area contributed by atoms with Crippen molar-refractivity contribution in [1.29, 1.82) is 0 Å². The van der Waals surface area contributed by atoms with Crippen molar-refractivity contribution in [1.82, 2.24) is 9.80 Å². The summed E-state index contributed by atoms with van der Waals surface area (Å²) in [6, 6.07) is -0.518. The van der Waals surface area contributed by atoms with Crippen molar-refractivity contribution in [3.05, 3.63) is 0 Å². The summed E-state index contributed by atoms with van der Waals surface area (Å²) in [5, 5.41) is 0. The number of carbonyl (C=O) groups excluding carboxylic acids is 2. The van der Waals surface area contributed by atoms with E-state index in [4.69, 9.17) is 10.5 Å². The molecule has 1 unspecified atom stereocenters. The number of piperazine rings is 1. The predicted molar refractivity (Wildman–Crippen MR) is 63.6 cm³/mol. The van der Waals surface area contributed by atoms with E-state index in [1.54, 1.807) is 9.80 Å². The lowest BCUT2D eigenvalue weighted by molar-refractivity contribution is 0.0110. The van der Waals surface area contributed by atoms with Gasteiger partial charge in [0.2, 0.25) is 0 Å². The van der Waals surface area contributed by atoms with Gasteiger partial charge in [0.25, 0.3) is 0 Å². The molecule has 1 saturated heterocycles. The molecule has 17 heavy (non-hydrogen) atoms. The largest absolute Gasteiger partial charge is 0.444 e. The molecule has 6 nitrogen and oxygen atoms in total. The fourth-order valence-corrected chi connectivity index (χ4v) is 1.78. The van der Waals surface area contributed by atoms with Gasteiger partial charge < -0.3 is 20.3 Å². The number of rotatable bonds is 0. The molecule has 98 valence electrons. The lowest BCUT2D eigenvalue weighted by atomic mass is 10.2. The number of nitrogens with two attached hydrogens (primary N) is 1. The minimum atomic E-state index is -0.499. The summed E-state index contributed by atoms with van der Waals surface area (Å²) in [6.45, 7) is 8.72. The Labute approximate surface area is 102 Å². The van der Waals surface area contributed by atoms with Gasteiger partial charge in [-0.3, -0.25) is 0 Å². The fourth-order valence-electron chi connectivity index (χ4n) is 1.78. The van der Waals surface area contributed by atoms with Gasteiger partial charge in [0.15, 0.2) is 0 Å². The molecule has 0 bridgehead atoms. The molecule has 1 aliphatic rings. The lowest BCUT2D eigenvalue weighted by Crippen LogP contribution is -2.57. The quantitative estimate of drug-likeness (QED) is 0.689. The van der Waals surface area contributed by atoms with E-state index in [0.29, 0.717) is 19.6 Å². The number of nitrogens with zero attached hydrogens (tertiary/aromatic N) is 2. The Morgan fingerprint density at radius 3 is 2.29 bits per heavy atom. The first-order valence-electron chi connectivity index (χ1n) is 5.74. The number of urea groups is 1. The summed E-state index contributed by atoms with van der Waals surface area (Å²) in [5.41, 5.74) is 4.73. The Kier molecular flexibility index (Phi) is 3.85. The second kappa shape index (κ2) is 4.81. The third kappa shape index (κ3) is 3.80. The monoisotopic (exact) mass is 243 g/mol. The third-order valence-corrected chi connectivity index (χ3v) is 2.56. The molecule has 2 N–H and O–H groups in total. The first kappa shape index (κ1) is 13.6. The highest BCUT2D eigenvalue weighted by molar-refractivity contribution is 5.73. The fraction of sp³-hybridized carbons (Fsp3) is 0.818. The minimum Gasteiger partial charge on any atom is -0.444 e. The van der Waals surface area contributed by atoms with Crippen LogP contribution in [0.15, 0.2) is 0 Å². The number of carbonyl (C=O) groups is 2. The topological polar surface area (TPSA) is 75.9 Å². The molecule has 0 aliphatic carbocycles. The maximum atomic E-state index is 11.8. The zero-order chi connectivity index (χ0) is 13.2. The summed E-state index contributed by atoms with van der Waals surface area (Å²) in [7, 11) is 0. The van der Waals surface area contributed by atoms with Gasteiger partial charge in [0, 0.05) is 25.7 Å². The Balaban J connectivity index is 2.55. The molecular formula is C11H21N3O3. The molecule has 0 aromatic carbocycles. The number of ether oxygens (including phenoxy) is 1. The number of hydrogen-bond acceptors (Lipinski definition) is 3. The van der Waals surface area contributed by atoms with Crippen LogP contribution >= 0.6 is 0 Å². The van der Waals surface area contributed by atoms with Crippen LogP contribution in [0, 0.1) is 0 Å². The van der Waals surface area contributed by atoms with E-state index in [1.807, 2.05) is 27.7 Å². The van der Waals surface area contributed by atoms with Crippen LogP contribution in [0.1, 0.15) is 27.7 Å². The van der Waals surface area contributed by atoms with Crippen LogP contribution in [0.2, 0.25) is 0 Å². The third-order valence-electron chi connectivity index (χ3n) is 2.56. The summed E-state index contributed by atoms with van der Waals surface area (Å²) in [5.74, 6) is 0. The van der Waals surface area contributed by atoms with E-state index in [0.717, 1.165) is 0 Å². The Hall–Kier alpha value is -1.46. The van der Waals surface area contributed by atoms with E-state index in [1.165, 1.54) is 0 Å². The highest BCUT2D eigenvalue weighted by atomic mass is 16.6. The SMILES string of the molecule is CC1CN(C(=O)OC(C)(C)C)CCN1C(N)=O. The van der Waals surface area contributed by atoms with Crippen molar-refractivity contribution in [2.75, 3.05) is 19.6 Å². The van der Waals surface area contributed by atoms with Gasteiger partial charge in [0.1, 0.15) is 5.60 Å². The molecule has 1 fully saturated rings. The van der Waals surface area contributed by atoms with Gasteiger partial charge in [-0.15, -0.1) is 0 Å². The van der Waals surface area contributed by atoms with Crippen LogP contribution in [-0.2, 0) is 4.74 Å². The average Bonchev–Trinajstić information content (AvgIpc) is 2.14. The molecular weight excluding hydrogens is 222 g/mol. The van der Waals surface area contributed by atoms with E-state index >= 15 is 0 Å². The zero-order valence-corrected chi connectivity index (χ0v) is 10.9. The summed E-state index contributed by atoms with van der Waals surface area (Å²) < 4.78 is 5.27. The van der Waals surface area contributed by atoms with Crippen LogP contribution in [0.3, 0.4) is 0 Å². The van der Waals surface area contributed by atoms with Gasteiger partial charge in [-0.05, 0) is 27.7 Å². The molecule has 0 aromatic rings. The molecule has 1 rings (SSSR count). The zero-order valence-electron chi connectivity index (χ0n) is 10.9. The number of hydrogen-bond donors (Lipinski definition) is 1. The standard InChI is InChI=1S/C11H21N3O3/c1-8-7-13(5-6-14(8)9(12)15)10(16)17-11(2,3)4/h8H,5-7H2,1-4H3,(H2,12,15). The highest BCUT2D eigenvalue weighted by Crippen LogP contribution is 2.14. The minimum absolute atomic E-state index is 0.0752. The molecule has 3 amide bonds. The Morgan fingerprint density at radius 2 is 1.88 bits per heavy atom. The second-order valence-corrected chi connectivity index (χ2v) is 5.31. The van der Waals surface area contributed by atoms with E-state index in [2.05, 4.69) is 0 Å². The van der Waals surface area contributed by atoms with Gasteiger partial charge in [0.05, 0.1) is 0 Å². The van der Waals surface area contributed by atoms with E-state index < -0.39 is 11.6 Å². The molecule has 1 heterocycles. The first-order valence-corrected chi connectivity index (χ1v) is 5.74. The van der Waals surface area contributed by atoms with Crippen LogP contribution in [0.5, 0.6) is 0 Å². The molecule has 1 atom stereocenters. The van der Waals surface area contributed by atoms with Crippen molar-refractivity contribution in [2.45, 2.75) is 39.3 Å². The normalized spacial score (nSPS) is 21.3. The molecule has 6 heteroatoms. The van der Waals surface area contributed by atoms with Crippen molar-refractivity contribution in [2.24, 2.45) is 5.73 Å². The van der Waals surface area contributed by atoms with Crippen molar-refractivity contribution in [3.8, 4) is 0 Å². The van der Waals surface area contributed by atoms with Crippen molar-refractivity contribution >= 4 is 12.1 Å². The summed E-state index contributed by atoms with van der Waals surface area (Å²) >= 11 is 0. The van der Waals surface area contributed by atoms with Crippen LogP contribution in [0.4, 0.5) is 9.59 Å². The highest BCUT2D eigenvalue weighted by Gasteiger charge is 2.30. The molecule has 0 aromatic heterocycles. The molecule has 1 aliphatic heterocycles. The van der Waals surface area contributed by atoms with Crippen LogP contribution < -0.4 is 5.73 Å². The first-order chi connectivity index (χ1) is 7.70. The molecule has 0 spiro atoms. The van der Waals surface area contributed by atoms with Gasteiger partial charge in [-0.2, -0.15) is 0 Å². The molecule has 0 radical (unpaired) electrons. The van der Waals surface area contributed by atoms with Crippen molar-refractivity contribution in [3.63, 3.8) is 0 Å². The Bertz CT molecular complexity index is 312. The van der Waals surface area contributed by atoms with Gasteiger partial charge >= 0.3 is 12.1 Å². The summed E-state index contributed by atoms with van der Waals surface area (Å²) in [4.78, 5) is 26.1. The van der Waals surface area contributed by atoms with Gasteiger partial charge in [-0.25, -0.2) is 9.59 Å². The van der Waals surface area contributed by atoms with Crippen LogP contribution in [0.25, 0.3) is 0 Å². The maximum Gasteiger partial charge on any atom is 0.410 e. The van der Waals surface area contributed by atoms with Crippen LogP contribution in [-0.4, -0.2) is 53.2 Å². The number of amides is 3. The van der Waals surface area contributed by atoms with Gasteiger partial charge in [-0.1, -0.05) is 0 Å². The van der Waals surface area contributed by atoms with E-state index in [-0.39, 0.29) is 12.1 Å². The summed E-state index contributed by atoms with van der Waals surface area (Å²) in [6.07, 6.45) is -0.339. The predicted octanol–water partition coefficient (Wildman–Crippen LogP) is 1.01. The second-order valence-electron chi connectivity index (χ2n) is 5.31. The average molecular weight is 243 g/mol. The molecule has 0 saturated carbocycles. The number of primary amides is 1.